The van der Waals surface area contributed by atoms with Gasteiger partial charge in [-0.05, 0) is 28.3 Å². The molecule has 0 aromatic heterocycles. The molecule has 0 heterocycles. The number of benzene rings is 2. The summed E-state index contributed by atoms with van der Waals surface area (Å²) in [4.78, 5) is 9.60. The molecule has 2 nitrogen and oxygen atoms in total. The second-order valence-electron chi connectivity index (χ2n) is 4.27. The van der Waals surface area contributed by atoms with E-state index in [4.69, 9.17) is 5.11 Å². The van der Waals surface area contributed by atoms with Crippen LogP contribution in [0.2, 0.25) is 0 Å². The molecule has 0 saturated heterocycles. The van der Waals surface area contributed by atoms with Crippen LogP contribution in [0, 0.1) is 0 Å². The van der Waals surface area contributed by atoms with E-state index in [1.54, 1.807) is 0 Å². The fraction of sp³-hybridized carbons (Fsp3) is 0.188. The Morgan fingerprint density at radius 2 is 1.61 bits per heavy atom. The van der Waals surface area contributed by atoms with Gasteiger partial charge in [0, 0.05) is 6.42 Å². The first-order valence-electron chi connectivity index (χ1n) is 6.14. The maximum atomic E-state index is 9.60. The number of aliphatic carboxylic acids is 1. The predicted octanol–water partition coefficient (Wildman–Crippen LogP) is 4.19. The zero-order valence-electron chi connectivity index (χ0n) is 10.4. The Balaban J connectivity index is 0.000000174. The number of carbonyl (C=O) groups is 1. The van der Waals surface area contributed by atoms with Crippen LogP contribution in [0.3, 0.4) is 0 Å². The molecular formula is C16H16O2. The van der Waals surface area contributed by atoms with E-state index in [0.717, 1.165) is 6.42 Å². The van der Waals surface area contributed by atoms with Crippen molar-refractivity contribution >= 4 is 28.9 Å². The molecule has 2 aromatic rings. The summed E-state index contributed by atoms with van der Waals surface area (Å²) in [6.45, 7) is 1.84. The highest BCUT2D eigenvalue weighted by molar-refractivity contribution is 6.04. The van der Waals surface area contributed by atoms with Gasteiger partial charge in [-0.1, -0.05) is 55.5 Å². The van der Waals surface area contributed by atoms with Gasteiger partial charge in [0.2, 0.25) is 0 Å². The summed E-state index contributed by atoms with van der Waals surface area (Å²) in [5, 5.41) is 10.7. The van der Waals surface area contributed by atoms with E-state index < -0.39 is 5.97 Å². The molecule has 3 rings (SSSR count). The first kappa shape index (κ1) is 12.4. The highest BCUT2D eigenvalue weighted by Gasteiger charge is 2.06. The van der Waals surface area contributed by atoms with E-state index in [0.29, 0.717) is 6.42 Å². The van der Waals surface area contributed by atoms with Gasteiger partial charge in [0.25, 0.3) is 0 Å². The van der Waals surface area contributed by atoms with Crippen molar-refractivity contribution in [2.75, 3.05) is 0 Å². The van der Waals surface area contributed by atoms with Crippen LogP contribution in [-0.2, 0) is 4.79 Å². The minimum atomic E-state index is -0.711. The third-order valence-corrected chi connectivity index (χ3v) is 2.88. The topological polar surface area (TPSA) is 37.3 Å². The minimum Gasteiger partial charge on any atom is -0.481 e. The van der Waals surface area contributed by atoms with E-state index in [1.165, 1.54) is 21.9 Å². The van der Waals surface area contributed by atoms with Crippen LogP contribution in [0.4, 0.5) is 0 Å². The molecule has 0 amide bonds. The SMILES string of the molecule is C1=Cc2cccc3cccc1c23.CCCC(=O)O. The molecule has 1 N–H and O–H groups in total. The van der Waals surface area contributed by atoms with Crippen molar-refractivity contribution in [2.45, 2.75) is 19.8 Å². The fourth-order valence-electron chi connectivity index (χ4n) is 2.07. The summed E-state index contributed by atoms with van der Waals surface area (Å²) in [6, 6.07) is 12.9. The second-order valence-corrected chi connectivity index (χ2v) is 4.27. The van der Waals surface area contributed by atoms with Crippen molar-refractivity contribution in [1.82, 2.24) is 0 Å². The van der Waals surface area contributed by atoms with Gasteiger partial charge >= 0.3 is 5.97 Å². The molecule has 0 radical (unpaired) electrons. The standard InChI is InChI=1S/C12H8.C4H8O2/c1-3-9-4-2-6-11-8-7-10(5-1)12(9)11;1-2-3-4(5)6/h1-8H;2-3H2,1H3,(H,5,6). The second kappa shape index (κ2) is 5.50. The first-order chi connectivity index (χ1) is 8.72. The van der Waals surface area contributed by atoms with Crippen molar-refractivity contribution in [3.05, 3.63) is 47.5 Å². The summed E-state index contributed by atoms with van der Waals surface area (Å²) in [5.74, 6) is -0.711. The average Bonchev–Trinajstić information content (AvgIpc) is 2.76. The van der Waals surface area contributed by atoms with Crippen molar-refractivity contribution in [3.63, 3.8) is 0 Å². The van der Waals surface area contributed by atoms with Crippen molar-refractivity contribution in [1.29, 1.82) is 0 Å². The average molecular weight is 240 g/mol. The lowest BCUT2D eigenvalue weighted by atomic mass is 10.0. The molecule has 1 aliphatic rings. The van der Waals surface area contributed by atoms with E-state index >= 15 is 0 Å². The normalized spacial score (nSPS) is 11.2. The molecular weight excluding hydrogens is 224 g/mol. The van der Waals surface area contributed by atoms with Gasteiger partial charge < -0.3 is 5.11 Å². The summed E-state index contributed by atoms with van der Waals surface area (Å²) in [7, 11) is 0. The van der Waals surface area contributed by atoms with Gasteiger partial charge in [-0.2, -0.15) is 0 Å². The molecule has 1 aliphatic carbocycles. The number of hydrogen-bond donors (Lipinski definition) is 1. The molecule has 18 heavy (non-hydrogen) atoms. The fourth-order valence-corrected chi connectivity index (χ4v) is 2.07. The molecule has 0 fully saturated rings. The summed E-state index contributed by atoms with van der Waals surface area (Å²) >= 11 is 0. The quantitative estimate of drug-likeness (QED) is 0.729. The van der Waals surface area contributed by atoms with E-state index in [9.17, 15) is 4.79 Å². The Morgan fingerprint density at radius 1 is 1.06 bits per heavy atom. The summed E-state index contributed by atoms with van der Waals surface area (Å²) in [5.41, 5.74) is 2.70. The van der Waals surface area contributed by atoms with Gasteiger partial charge in [-0.15, -0.1) is 0 Å². The predicted molar refractivity (Wildman–Crippen MR) is 75.4 cm³/mol. The van der Waals surface area contributed by atoms with E-state index in [2.05, 4.69) is 48.6 Å². The third-order valence-electron chi connectivity index (χ3n) is 2.88. The minimum absolute atomic E-state index is 0.292. The Kier molecular flexibility index (Phi) is 3.78. The Morgan fingerprint density at radius 3 is 2.00 bits per heavy atom. The summed E-state index contributed by atoms with van der Waals surface area (Å²) in [6.07, 6.45) is 5.38. The van der Waals surface area contributed by atoms with E-state index in [1.807, 2.05) is 6.92 Å². The van der Waals surface area contributed by atoms with Gasteiger partial charge in [0.05, 0.1) is 0 Å². The zero-order valence-corrected chi connectivity index (χ0v) is 10.4. The number of hydrogen-bond acceptors (Lipinski definition) is 1. The van der Waals surface area contributed by atoms with Gasteiger partial charge in [0.1, 0.15) is 0 Å². The van der Waals surface area contributed by atoms with Crippen molar-refractivity contribution < 1.29 is 9.90 Å². The number of rotatable bonds is 2. The maximum Gasteiger partial charge on any atom is 0.303 e. The Bertz CT molecular complexity index is 556. The van der Waals surface area contributed by atoms with Crippen LogP contribution in [0.1, 0.15) is 30.9 Å². The third kappa shape index (κ3) is 2.59. The lowest BCUT2D eigenvalue weighted by molar-refractivity contribution is -0.137. The molecule has 92 valence electrons. The van der Waals surface area contributed by atoms with Gasteiger partial charge in [-0.25, -0.2) is 0 Å². The summed E-state index contributed by atoms with van der Waals surface area (Å²) < 4.78 is 0. The van der Waals surface area contributed by atoms with Crippen molar-refractivity contribution in [2.24, 2.45) is 0 Å². The van der Waals surface area contributed by atoms with Crippen LogP contribution >= 0.6 is 0 Å². The Hall–Kier alpha value is -2.09. The zero-order chi connectivity index (χ0) is 13.0. The maximum absolute atomic E-state index is 9.60. The number of carboxylic acids is 1. The van der Waals surface area contributed by atoms with Crippen LogP contribution < -0.4 is 0 Å². The molecule has 2 heteroatoms. The van der Waals surface area contributed by atoms with E-state index in [-0.39, 0.29) is 0 Å². The lowest BCUT2D eigenvalue weighted by Gasteiger charge is -1.99. The van der Waals surface area contributed by atoms with Crippen molar-refractivity contribution in [3.8, 4) is 0 Å². The Labute approximate surface area is 107 Å². The highest BCUT2D eigenvalue weighted by atomic mass is 16.4. The molecule has 0 bridgehead atoms. The molecule has 0 unspecified atom stereocenters. The van der Waals surface area contributed by atoms with Crippen LogP contribution in [0.25, 0.3) is 22.9 Å². The molecule has 2 aromatic carbocycles. The number of carboxylic acid groups (broad SMARTS) is 1. The molecule has 0 aliphatic heterocycles. The molecule has 0 spiro atoms. The molecule has 0 atom stereocenters. The van der Waals surface area contributed by atoms with Crippen LogP contribution in [0.15, 0.2) is 36.4 Å². The largest absolute Gasteiger partial charge is 0.481 e. The monoisotopic (exact) mass is 240 g/mol. The lowest BCUT2D eigenvalue weighted by Crippen LogP contribution is -1.90. The molecule has 0 saturated carbocycles. The first-order valence-corrected chi connectivity index (χ1v) is 6.14. The van der Waals surface area contributed by atoms with Gasteiger partial charge in [0.15, 0.2) is 0 Å². The van der Waals surface area contributed by atoms with Gasteiger partial charge in [-0.3, -0.25) is 4.79 Å². The highest BCUT2D eigenvalue weighted by Crippen LogP contribution is 2.30. The van der Waals surface area contributed by atoms with Crippen LogP contribution in [0.5, 0.6) is 0 Å². The smallest absolute Gasteiger partial charge is 0.303 e. The van der Waals surface area contributed by atoms with Crippen LogP contribution in [-0.4, -0.2) is 11.1 Å².